The highest BCUT2D eigenvalue weighted by atomic mass is 19.1. The molecule has 0 fully saturated rings. The van der Waals surface area contributed by atoms with Gasteiger partial charge in [0.2, 0.25) is 5.91 Å². The minimum atomic E-state index is -0.659. The number of hydrogen-bond acceptors (Lipinski definition) is 2. The number of carbonyl (C=O) groups excluding carboxylic acids is 1. The van der Waals surface area contributed by atoms with Gasteiger partial charge in [0, 0.05) is 12.1 Å². The van der Waals surface area contributed by atoms with Gasteiger partial charge in [-0.1, -0.05) is 20.8 Å². The fourth-order valence-corrected chi connectivity index (χ4v) is 2.05. The van der Waals surface area contributed by atoms with Crippen LogP contribution >= 0.6 is 0 Å². The normalized spacial score (nSPS) is 13.3. The first-order valence-electron chi connectivity index (χ1n) is 7.44. The van der Waals surface area contributed by atoms with Crippen molar-refractivity contribution >= 4 is 5.91 Å². The highest BCUT2D eigenvalue weighted by molar-refractivity contribution is 5.81. The third kappa shape index (κ3) is 6.98. The van der Waals surface area contributed by atoms with E-state index in [9.17, 15) is 13.6 Å². The molecule has 1 aromatic carbocycles. The summed E-state index contributed by atoms with van der Waals surface area (Å²) >= 11 is 0. The molecule has 5 heteroatoms. The van der Waals surface area contributed by atoms with E-state index in [0.717, 1.165) is 6.07 Å². The van der Waals surface area contributed by atoms with E-state index in [1.54, 1.807) is 0 Å². The molecule has 0 aliphatic carbocycles. The Hall–Kier alpha value is -1.49. The van der Waals surface area contributed by atoms with E-state index in [1.807, 2.05) is 34.6 Å². The number of rotatable bonds is 6. The molecule has 1 N–H and O–H groups in total. The van der Waals surface area contributed by atoms with E-state index >= 15 is 0 Å². The molecule has 0 saturated carbocycles. The molecular weight excluding hydrogens is 288 g/mol. The average Bonchev–Trinajstić information content (AvgIpc) is 2.30. The van der Waals surface area contributed by atoms with Gasteiger partial charge in [-0.25, -0.2) is 8.78 Å². The summed E-state index contributed by atoms with van der Waals surface area (Å²) in [5.41, 5.74) is 0.264. The van der Waals surface area contributed by atoms with Crippen LogP contribution in [0.4, 0.5) is 8.78 Å². The van der Waals surface area contributed by atoms with Crippen LogP contribution in [0.3, 0.4) is 0 Å². The molecule has 3 nitrogen and oxygen atoms in total. The molecule has 0 aliphatic rings. The maximum Gasteiger partial charge on any atom is 0.249 e. The third-order valence-corrected chi connectivity index (χ3v) is 2.89. The number of benzene rings is 1. The standard InChI is InChI=1S/C17H25F2NO2/c1-11(2)20-16(21)15(9-17(3,4)5)22-10-12-6-13(18)8-14(19)7-12/h6-8,11,15H,9-10H2,1-5H3,(H,20,21). The van der Waals surface area contributed by atoms with Crippen molar-refractivity contribution in [2.24, 2.45) is 5.41 Å². The number of amides is 1. The molecule has 0 aromatic heterocycles. The molecule has 1 rings (SSSR count). The van der Waals surface area contributed by atoms with Crippen molar-refractivity contribution in [3.63, 3.8) is 0 Å². The molecule has 0 spiro atoms. The lowest BCUT2D eigenvalue weighted by Gasteiger charge is -2.26. The highest BCUT2D eigenvalue weighted by Gasteiger charge is 2.26. The van der Waals surface area contributed by atoms with Crippen LogP contribution in [0, 0.1) is 17.0 Å². The summed E-state index contributed by atoms with van der Waals surface area (Å²) in [7, 11) is 0. The molecule has 0 aliphatic heterocycles. The maximum absolute atomic E-state index is 13.2. The van der Waals surface area contributed by atoms with Gasteiger partial charge in [0.15, 0.2) is 0 Å². The lowest BCUT2D eigenvalue weighted by Crippen LogP contribution is -2.41. The Morgan fingerprint density at radius 3 is 2.18 bits per heavy atom. The largest absolute Gasteiger partial charge is 0.364 e. The molecule has 0 radical (unpaired) electrons. The summed E-state index contributed by atoms with van der Waals surface area (Å²) in [5.74, 6) is -1.52. The number of halogens is 2. The summed E-state index contributed by atoms with van der Waals surface area (Å²) in [6.45, 7) is 9.75. The van der Waals surface area contributed by atoms with Crippen molar-refractivity contribution in [1.29, 1.82) is 0 Å². The SMILES string of the molecule is CC(C)NC(=O)C(CC(C)(C)C)OCc1cc(F)cc(F)c1. The lowest BCUT2D eigenvalue weighted by molar-refractivity contribution is -0.136. The Morgan fingerprint density at radius 1 is 1.18 bits per heavy atom. The van der Waals surface area contributed by atoms with Gasteiger partial charge in [-0.2, -0.15) is 0 Å². The zero-order chi connectivity index (χ0) is 16.9. The average molecular weight is 313 g/mol. The first-order chi connectivity index (χ1) is 10.1. The number of hydrogen-bond donors (Lipinski definition) is 1. The van der Waals surface area contributed by atoms with Crippen LogP contribution in [0.15, 0.2) is 18.2 Å². The van der Waals surface area contributed by atoms with Gasteiger partial charge >= 0.3 is 0 Å². The van der Waals surface area contributed by atoms with Gasteiger partial charge in [-0.05, 0) is 43.4 Å². The van der Waals surface area contributed by atoms with Gasteiger partial charge in [0.1, 0.15) is 17.7 Å². The predicted molar refractivity (Wildman–Crippen MR) is 82.3 cm³/mol. The van der Waals surface area contributed by atoms with E-state index in [-0.39, 0.29) is 24.0 Å². The Morgan fingerprint density at radius 2 is 1.73 bits per heavy atom. The fourth-order valence-electron chi connectivity index (χ4n) is 2.05. The monoisotopic (exact) mass is 313 g/mol. The van der Waals surface area contributed by atoms with Crippen molar-refractivity contribution < 1.29 is 18.3 Å². The van der Waals surface area contributed by atoms with Crippen LogP contribution in [0.2, 0.25) is 0 Å². The maximum atomic E-state index is 13.2. The zero-order valence-corrected chi connectivity index (χ0v) is 13.9. The second kappa shape index (κ2) is 7.68. The molecule has 0 bridgehead atoms. The molecule has 22 heavy (non-hydrogen) atoms. The third-order valence-electron chi connectivity index (χ3n) is 2.89. The molecule has 1 aromatic rings. The molecule has 0 saturated heterocycles. The van der Waals surface area contributed by atoms with E-state index in [0.29, 0.717) is 12.0 Å². The molecular formula is C17H25F2NO2. The minimum Gasteiger partial charge on any atom is -0.364 e. The topological polar surface area (TPSA) is 38.3 Å². The lowest BCUT2D eigenvalue weighted by atomic mass is 9.89. The Kier molecular flexibility index (Phi) is 6.48. The Labute approximate surface area is 131 Å². The molecule has 1 atom stereocenters. The van der Waals surface area contributed by atoms with Gasteiger partial charge in [-0.3, -0.25) is 4.79 Å². The van der Waals surface area contributed by atoms with Crippen LogP contribution in [0.25, 0.3) is 0 Å². The quantitative estimate of drug-likeness (QED) is 0.867. The summed E-state index contributed by atoms with van der Waals surface area (Å²) < 4.78 is 32.0. The smallest absolute Gasteiger partial charge is 0.249 e. The summed E-state index contributed by atoms with van der Waals surface area (Å²) in [6, 6.07) is 3.22. The molecule has 124 valence electrons. The second-order valence-electron chi connectivity index (χ2n) is 7.01. The number of carbonyl (C=O) groups is 1. The van der Waals surface area contributed by atoms with Crippen LogP contribution in [0.1, 0.15) is 46.6 Å². The van der Waals surface area contributed by atoms with E-state index in [2.05, 4.69) is 5.32 Å². The second-order valence-corrected chi connectivity index (χ2v) is 7.01. The van der Waals surface area contributed by atoms with Gasteiger partial charge < -0.3 is 10.1 Å². The van der Waals surface area contributed by atoms with Crippen molar-refractivity contribution in [3.05, 3.63) is 35.4 Å². The van der Waals surface area contributed by atoms with Crippen LogP contribution < -0.4 is 5.32 Å². The van der Waals surface area contributed by atoms with Crippen molar-refractivity contribution in [1.82, 2.24) is 5.32 Å². The van der Waals surface area contributed by atoms with Gasteiger partial charge in [0.25, 0.3) is 0 Å². The molecule has 0 heterocycles. The van der Waals surface area contributed by atoms with Crippen LogP contribution in [0.5, 0.6) is 0 Å². The minimum absolute atomic E-state index is 0.00480. The highest BCUT2D eigenvalue weighted by Crippen LogP contribution is 2.23. The van der Waals surface area contributed by atoms with E-state index < -0.39 is 17.7 Å². The first kappa shape index (κ1) is 18.6. The Balaban J connectivity index is 2.77. The summed E-state index contributed by atoms with van der Waals surface area (Å²) in [4.78, 5) is 12.2. The number of ether oxygens (including phenoxy) is 1. The summed E-state index contributed by atoms with van der Waals surface area (Å²) in [5, 5.41) is 2.81. The number of nitrogens with one attached hydrogen (secondary N) is 1. The molecule has 1 unspecified atom stereocenters. The van der Waals surface area contributed by atoms with Gasteiger partial charge in [0.05, 0.1) is 6.61 Å². The van der Waals surface area contributed by atoms with Gasteiger partial charge in [-0.15, -0.1) is 0 Å². The van der Waals surface area contributed by atoms with Crippen LogP contribution in [-0.2, 0) is 16.1 Å². The van der Waals surface area contributed by atoms with Crippen LogP contribution in [-0.4, -0.2) is 18.1 Å². The predicted octanol–water partition coefficient (Wildman–Crippen LogP) is 3.81. The summed E-state index contributed by atoms with van der Waals surface area (Å²) in [6.07, 6.45) is -0.141. The first-order valence-corrected chi connectivity index (χ1v) is 7.44. The fraction of sp³-hybridized carbons (Fsp3) is 0.588. The Bertz CT molecular complexity index is 490. The molecule has 1 amide bonds. The van der Waals surface area contributed by atoms with Crippen molar-refractivity contribution in [2.75, 3.05) is 0 Å². The van der Waals surface area contributed by atoms with E-state index in [4.69, 9.17) is 4.74 Å². The van der Waals surface area contributed by atoms with Crippen molar-refractivity contribution in [2.45, 2.75) is 59.8 Å². The van der Waals surface area contributed by atoms with E-state index in [1.165, 1.54) is 12.1 Å². The van der Waals surface area contributed by atoms with Crippen molar-refractivity contribution in [3.8, 4) is 0 Å². The zero-order valence-electron chi connectivity index (χ0n) is 13.9.